The van der Waals surface area contributed by atoms with Crippen LogP contribution in [-0.4, -0.2) is 51.8 Å². The Labute approximate surface area is 149 Å². The van der Waals surface area contributed by atoms with E-state index in [2.05, 4.69) is 40.0 Å². The average Bonchev–Trinajstić information content (AvgIpc) is 3.10. The molecule has 1 aliphatic carbocycles. The summed E-state index contributed by atoms with van der Waals surface area (Å²) in [7, 11) is 0. The molecule has 0 bridgehead atoms. The topological polar surface area (TPSA) is 74.2 Å². The van der Waals surface area contributed by atoms with Crippen molar-refractivity contribution in [3.05, 3.63) is 17.5 Å². The first kappa shape index (κ1) is 17.0. The van der Waals surface area contributed by atoms with Crippen LogP contribution in [0.25, 0.3) is 0 Å². The van der Waals surface area contributed by atoms with Gasteiger partial charge in [0, 0.05) is 37.8 Å². The number of carbonyl (C=O) groups is 1. The zero-order valence-electron chi connectivity index (χ0n) is 15.3. The van der Waals surface area contributed by atoms with Crippen LogP contribution in [0.2, 0.25) is 0 Å². The number of hydrogen-bond acceptors (Lipinski definition) is 5. The van der Waals surface area contributed by atoms with Crippen molar-refractivity contribution in [3.8, 4) is 0 Å². The first-order chi connectivity index (χ1) is 12.1. The maximum absolute atomic E-state index is 12.2. The van der Waals surface area contributed by atoms with Gasteiger partial charge in [0.2, 0.25) is 0 Å². The largest absolute Gasteiger partial charge is 0.348 e. The molecule has 0 radical (unpaired) electrons. The van der Waals surface area contributed by atoms with Gasteiger partial charge in [0.15, 0.2) is 5.69 Å². The second kappa shape index (κ2) is 7.05. The summed E-state index contributed by atoms with van der Waals surface area (Å²) >= 11 is 0. The lowest BCUT2D eigenvalue weighted by atomic mass is 10.00. The van der Waals surface area contributed by atoms with Crippen molar-refractivity contribution in [2.75, 3.05) is 13.1 Å². The van der Waals surface area contributed by atoms with E-state index in [-0.39, 0.29) is 5.91 Å². The van der Waals surface area contributed by atoms with Gasteiger partial charge < -0.3 is 5.32 Å². The third kappa shape index (κ3) is 4.22. The highest BCUT2D eigenvalue weighted by atomic mass is 16.2. The lowest BCUT2D eigenvalue weighted by Crippen LogP contribution is -2.43. The molecule has 25 heavy (non-hydrogen) atoms. The molecule has 0 aromatic carbocycles. The maximum atomic E-state index is 12.2. The first-order valence-corrected chi connectivity index (χ1v) is 9.68. The molecule has 2 atom stereocenters. The first-order valence-electron chi connectivity index (χ1n) is 9.68. The van der Waals surface area contributed by atoms with Crippen molar-refractivity contribution in [1.82, 2.24) is 30.8 Å². The zero-order valence-corrected chi connectivity index (χ0v) is 15.3. The SMILES string of the molecule is CC(C)CC1CC(CN2CCn3nc(C(=O)NC4CC4)cc3C2)NN1. The Morgan fingerprint density at radius 2 is 2.12 bits per heavy atom. The fourth-order valence-corrected chi connectivity index (χ4v) is 3.93. The quantitative estimate of drug-likeness (QED) is 0.713. The highest BCUT2D eigenvalue weighted by Gasteiger charge is 2.29. The average molecular weight is 346 g/mol. The second-order valence-electron chi connectivity index (χ2n) is 8.27. The summed E-state index contributed by atoms with van der Waals surface area (Å²) in [4.78, 5) is 14.6. The molecule has 3 N–H and O–H groups in total. The van der Waals surface area contributed by atoms with Crippen LogP contribution < -0.4 is 16.2 Å². The molecule has 7 nitrogen and oxygen atoms in total. The van der Waals surface area contributed by atoms with Gasteiger partial charge in [-0.3, -0.25) is 25.2 Å². The predicted octanol–water partition coefficient (Wildman–Crippen LogP) is 0.872. The van der Waals surface area contributed by atoms with Crippen LogP contribution >= 0.6 is 0 Å². The van der Waals surface area contributed by atoms with Crippen LogP contribution in [0, 0.1) is 5.92 Å². The highest BCUT2D eigenvalue weighted by molar-refractivity contribution is 5.92. The molecule has 0 spiro atoms. The molecule has 1 saturated carbocycles. The Hall–Kier alpha value is -1.44. The van der Waals surface area contributed by atoms with Crippen molar-refractivity contribution in [2.45, 2.75) is 70.7 Å². The number of hydrogen-bond donors (Lipinski definition) is 3. The molecule has 1 aromatic rings. The number of amides is 1. The maximum Gasteiger partial charge on any atom is 0.272 e. The molecule has 1 aromatic heterocycles. The Balaban J connectivity index is 1.30. The molecule has 2 aliphatic heterocycles. The second-order valence-corrected chi connectivity index (χ2v) is 8.27. The van der Waals surface area contributed by atoms with Crippen LogP contribution in [0.3, 0.4) is 0 Å². The van der Waals surface area contributed by atoms with E-state index in [1.54, 1.807) is 0 Å². The number of carbonyl (C=O) groups excluding carboxylic acids is 1. The van der Waals surface area contributed by atoms with Gasteiger partial charge in [0.1, 0.15) is 0 Å². The predicted molar refractivity (Wildman–Crippen MR) is 95.9 cm³/mol. The summed E-state index contributed by atoms with van der Waals surface area (Å²) in [5.74, 6) is 0.705. The van der Waals surface area contributed by atoms with E-state index >= 15 is 0 Å². The van der Waals surface area contributed by atoms with Crippen molar-refractivity contribution >= 4 is 5.91 Å². The van der Waals surface area contributed by atoms with E-state index in [1.165, 1.54) is 12.8 Å². The molecule has 1 amide bonds. The zero-order chi connectivity index (χ0) is 17.4. The van der Waals surface area contributed by atoms with Gasteiger partial charge >= 0.3 is 0 Å². The van der Waals surface area contributed by atoms with Gasteiger partial charge in [0.25, 0.3) is 5.91 Å². The minimum Gasteiger partial charge on any atom is -0.348 e. The van der Waals surface area contributed by atoms with E-state index in [0.717, 1.165) is 50.6 Å². The molecule has 2 fully saturated rings. The monoisotopic (exact) mass is 346 g/mol. The number of nitrogens with zero attached hydrogens (tertiary/aromatic N) is 3. The van der Waals surface area contributed by atoms with Crippen LogP contribution in [0.15, 0.2) is 6.07 Å². The van der Waals surface area contributed by atoms with Crippen LogP contribution in [-0.2, 0) is 13.1 Å². The van der Waals surface area contributed by atoms with Crippen LogP contribution in [0.5, 0.6) is 0 Å². The molecule has 4 rings (SSSR count). The lowest BCUT2D eigenvalue weighted by molar-refractivity contribution is 0.0945. The number of rotatable bonds is 6. The van der Waals surface area contributed by atoms with Crippen molar-refractivity contribution in [1.29, 1.82) is 0 Å². The molecular formula is C18H30N6O. The van der Waals surface area contributed by atoms with Gasteiger partial charge in [0.05, 0.1) is 12.2 Å². The van der Waals surface area contributed by atoms with E-state index in [1.807, 2.05) is 10.7 Å². The molecule has 7 heteroatoms. The van der Waals surface area contributed by atoms with E-state index in [4.69, 9.17) is 0 Å². The minimum absolute atomic E-state index is 0.0193. The smallest absolute Gasteiger partial charge is 0.272 e. The van der Waals surface area contributed by atoms with E-state index in [0.29, 0.717) is 23.8 Å². The summed E-state index contributed by atoms with van der Waals surface area (Å²) in [6.07, 6.45) is 4.61. The summed E-state index contributed by atoms with van der Waals surface area (Å²) in [5.41, 5.74) is 8.62. The Bertz CT molecular complexity index is 623. The number of fused-ring (bicyclic) bond motifs is 1. The van der Waals surface area contributed by atoms with Crippen molar-refractivity contribution in [3.63, 3.8) is 0 Å². The summed E-state index contributed by atoms with van der Waals surface area (Å²) in [6.45, 7) is 8.32. The Morgan fingerprint density at radius 3 is 2.88 bits per heavy atom. The minimum atomic E-state index is -0.0193. The van der Waals surface area contributed by atoms with Gasteiger partial charge in [-0.25, -0.2) is 0 Å². The Morgan fingerprint density at radius 1 is 1.32 bits per heavy atom. The Kier molecular flexibility index (Phi) is 4.80. The van der Waals surface area contributed by atoms with Gasteiger partial charge in [-0.05, 0) is 37.7 Å². The summed E-state index contributed by atoms with van der Waals surface area (Å²) < 4.78 is 2.00. The number of aromatic nitrogens is 2. The number of nitrogens with one attached hydrogen (secondary N) is 3. The fourth-order valence-electron chi connectivity index (χ4n) is 3.93. The molecule has 3 heterocycles. The fraction of sp³-hybridized carbons (Fsp3) is 0.778. The van der Waals surface area contributed by atoms with Gasteiger partial charge in [-0.1, -0.05) is 13.8 Å². The van der Waals surface area contributed by atoms with E-state index < -0.39 is 0 Å². The number of hydrazine groups is 1. The molecule has 138 valence electrons. The normalized spacial score (nSPS) is 26.8. The standard InChI is InChI=1S/C18H30N6O/c1-12(2)7-14-8-15(21-20-14)10-23-5-6-24-16(11-23)9-17(22-24)18(25)19-13-3-4-13/h9,12-15,20-21H,3-8,10-11H2,1-2H3,(H,19,25). The lowest BCUT2D eigenvalue weighted by Gasteiger charge is -2.29. The van der Waals surface area contributed by atoms with Gasteiger partial charge in [-0.2, -0.15) is 5.10 Å². The molecular weight excluding hydrogens is 316 g/mol. The summed E-state index contributed by atoms with van der Waals surface area (Å²) in [5, 5.41) is 7.52. The molecule has 1 saturated heterocycles. The van der Waals surface area contributed by atoms with Crippen molar-refractivity contribution < 1.29 is 4.79 Å². The molecule has 3 aliphatic rings. The van der Waals surface area contributed by atoms with Gasteiger partial charge in [-0.15, -0.1) is 0 Å². The van der Waals surface area contributed by atoms with Crippen molar-refractivity contribution in [2.24, 2.45) is 5.92 Å². The van der Waals surface area contributed by atoms with E-state index in [9.17, 15) is 4.79 Å². The third-order valence-corrected chi connectivity index (χ3v) is 5.32. The molecule has 2 unspecified atom stereocenters. The highest BCUT2D eigenvalue weighted by Crippen LogP contribution is 2.21. The van der Waals surface area contributed by atoms with Crippen LogP contribution in [0.1, 0.15) is 55.7 Å². The summed E-state index contributed by atoms with van der Waals surface area (Å²) in [6, 6.07) is 3.42. The van der Waals surface area contributed by atoms with Crippen LogP contribution in [0.4, 0.5) is 0 Å². The third-order valence-electron chi connectivity index (χ3n) is 5.32.